The zero-order valence-electron chi connectivity index (χ0n) is 9.37. The summed E-state index contributed by atoms with van der Waals surface area (Å²) in [6, 6.07) is 5.55. The maximum absolute atomic E-state index is 11.9. The van der Waals surface area contributed by atoms with Gasteiger partial charge in [0.15, 0.2) is 0 Å². The molecule has 0 heterocycles. The van der Waals surface area contributed by atoms with E-state index in [0.717, 1.165) is 0 Å². The predicted octanol–water partition coefficient (Wildman–Crippen LogP) is 0.676. The Kier molecular flexibility index (Phi) is 5.20. The summed E-state index contributed by atoms with van der Waals surface area (Å²) < 4.78 is 16.8. The monoisotopic (exact) mass is 258 g/mol. The summed E-state index contributed by atoms with van der Waals surface area (Å²) in [5, 5.41) is 10.8. The molecule has 0 aromatic heterocycles. The highest BCUT2D eigenvalue weighted by Gasteiger charge is 2.19. The second kappa shape index (κ2) is 6.43. The average Bonchev–Trinajstić information content (AvgIpc) is 2.29. The number of hydrogen-bond acceptors (Lipinski definition) is 5. The van der Waals surface area contributed by atoms with Crippen LogP contribution in [0.2, 0.25) is 0 Å². The van der Waals surface area contributed by atoms with Crippen LogP contribution < -0.4 is 5.73 Å². The number of nitro benzene ring substituents is 1. The van der Waals surface area contributed by atoms with Crippen LogP contribution in [0.15, 0.2) is 29.2 Å². The number of nitro groups is 1. The molecule has 1 rings (SSSR count). The van der Waals surface area contributed by atoms with Crippen LogP contribution in [0.25, 0.3) is 0 Å². The Morgan fingerprint density at radius 3 is 2.76 bits per heavy atom. The van der Waals surface area contributed by atoms with E-state index in [4.69, 9.17) is 10.5 Å². The molecule has 0 amide bonds. The first-order valence-electron chi connectivity index (χ1n) is 4.92. The van der Waals surface area contributed by atoms with E-state index in [1.807, 2.05) is 0 Å². The summed E-state index contributed by atoms with van der Waals surface area (Å²) >= 11 is 0. The average molecular weight is 258 g/mol. The molecule has 6 nitrogen and oxygen atoms in total. The van der Waals surface area contributed by atoms with E-state index >= 15 is 0 Å². The number of para-hydroxylation sites is 1. The van der Waals surface area contributed by atoms with E-state index in [2.05, 4.69) is 0 Å². The minimum absolute atomic E-state index is 0.138. The van der Waals surface area contributed by atoms with Crippen LogP contribution in [-0.2, 0) is 15.5 Å². The van der Waals surface area contributed by atoms with Crippen LogP contribution in [0, 0.1) is 10.1 Å². The van der Waals surface area contributed by atoms with Gasteiger partial charge in [0.1, 0.15) is 4.90 Å². The fraction of sp³-hybridized carbons (Fsp3) is 0.400. The predicted molar refractivity (Wildman–Crippen MR) is 64.2 cm³/mol. The van der Waals surface area contributed by atoms with E-state index in [9.17, 15) is 14.3 Å². The van der Waals surface area contributed by atoms with Crippen LogP contribution in [0.3, 0.4) is 0 Å². The lowest BCUT2D eigenvalue weighted by atomic mass is 10.3. The third kappa shape index (κ3) is 3.88. The van der Waals surface area contributed by atoms with E-state index in [-0.39, 0.29) is 22.9 Å². The molecule has 2 unspecified atom stereocenters. The van der Waals surface area contributed by atoms with Crippen molar-refractivity contribution in [2.24, 2.45) is 5.73 Å². The lowest BCUT2D eigenvalue weighted by Crippen LogP contribution is -2.31. The van der Waals surface area contributed by atoms with Gasteiger partial charge in [-0.25, -0.2) is 0 Å². The second-order valence-corrected chi connectivity index (χ2v) is 4.92. The molecule has 0 aliphatic rings. The van der Waals surface area contributed by atoms with Gasteiger partial charge in [0, 0.05) is 25.0 Å². The Hall–Kier alpha value is -1.31. The highest BCUT2D eigenvalue weighted by Crippen LogP contribution is 2.21. The van der Waals surface area contributed by atoms with Crippen LogP contribution in [0.4, 0.5) is 5.69 Å². The lowest BCUT2D eigenvalue weighted by Gasteiger charge is -2.09. The number of benzene rings is 1. The molecule has 0 fully saturated rings. The molecule has 7 heteroatoms. The van der Waals surface area contributed by atoms with Gasteiger partial charge in [0.2, 0.25) is 0 Å². The number of rotatable bonds is 6. The van der Waals surface area contributed by atoms with Crippen molar-refractivity contribution < 1.29 is 13.9 Å². The minimum atomic E-state index is -1.49. The van der Waals surface area contributed by atoms with Gasteiger partial charge in [-0.3, -0.25) is 14.3 Å². The lowest BCUT2D eigenvalue weighted by molar-refractivity contribution is -0.387. The fourth-order valence-corrected chi connectivity index (χ4v) is 2.62. The van der Waals surface area contributed by atoms with Crippen LogP contribution in [0.1, 0.15) is 0 Å². The zero-order valence-corrected chi connectivity index (χ0v) is 10.2. The molecule has 2 atom stereocenters. The van der Waals surface area contributed by atoms with Crippen molar-refractivity contribution in [3.05, 3.63) is 34.4 Å². The molecule has 0 saturated heterocycles. The number of ether oxygens (including phenoxy) is 1. The third-order valence-corrected chi connectivity index (χ3v) is 3.62. The molecule has 0 bridgehead atoms. The van der Waals surface area contributed by atoms with Crippen molar-refractivity contribution in [1.82, 2.24) is 0 Å². The first-order valence-corrected chi connectivity index (χ1v) is 6.24. The molecule has 0 radical (unpaired) electrons. The summed E-state index contributed by atoms with van der Waals surface area (Å²) in [7, 11) is 0.0000165. The van der Waals surface area contributed by atoms with Crippen molar-refractivity contribution in [3.8, 4) is 0 Å². The second-order valence-electron chi connectivity index (χ2n) is 3.45. The SMILES string of the molecule is COCC(N)CS(=O)c1ccccc1[N+](=O)[O-]. The first-order chi connectivity index (χ1) is 8.06. The largest absolute Gasteiger partial charge is 0.383 e. The molecule has 17 heavy (non-hydrogen) atoms. The molecular formula is C10H14N2O4S. The highest BCUT2D eigenvalue weighted by molar-refractivity contribution is 7.85. The van der Waals surface area contributed by atoms with Crippen molar-refractivity contribution in [2.75, 3.05) is 19.5 Å². The summed E-state index contributed by atoms with van der Waals surface area (Å²) in [5.41, 5.74) is 5.52. The molecule has 1 aromatic rings. The molecule has 0 spiro atoms. The molecule has 0 aliphatic heterocycles. The van der Waals surface area contributed by atoms with Crippen LogP contribution in [-0.4, -0.2) is 34.6 Å². The summed E-state index contributed by atoms with van der Waals surface area (Å²) in [6.07, 6.45) is 0. The Balaban J connectivity index is 2.85. The topological polar surface area (TPSA) is 95.5 Å². The standard InChI is InChI=1S/C10H14N2O4S/c1-16-6-8(11)7-17(15)10-5-3-2-4-9(10)12(13)14/h2-5,8H,6-7,11H2,1H3. The summed E-state index contributed by atoms with van der Waals surface area (Å²) in [5.74, 6) is 0.138. The molecule has 0 aliphatic carbocycles. The summed E-state index contributed by atoms with van der Waals surface area (Å²) in [6.45, 7) is 0.270. The Bertz CT molecular complexity index is 425. The maximum Gasteiger partial charge on any atom is 0.285 e. The molecule has 0 saturated carbocycles. The van der Waals surface area contributed by atoms with Crippen LogP contribution in [0.5, 0.6) is 0 Å². The normalized spacial score (nSPS) is 14.2. The van der Waals surface area contributed by atoms with E-state index < -0.39 is 21.8 Å². The zero-order chi connectivity index (χ0) is 12.8. The van der Waals surface area contributed by atoms with E-state index in [1.165, 1.54) is 25.3 Å². The van der Waals surface area contributed by atoms with Gasteiger partial charge >= 0.3 is 0 Å². The third-order valence-electron chi connectivity index (χ3n) is 2.05. The van der Waals surface area contributed by atoms with Crippen LogP contribution >= 0.6 is 0 Å². The van der Waals surface area contributed by atoms with Gasteiger partial charge in [-0.2, -0.15) is 0 Å². The smallest absolute Gasteiger partial charge is 0.285 e. The van der Waals surface area contributed by atoms with E-state index in [1.54, 1.807) is 6.07 Å². The van der Waals surface area contributed by atoms with Crippen molar-refractivity contribution >= 4 is 16.5 Å². The number of methoxy groups -OCH3 is 1. The Labute approximate surface area is 101 Å². The number of nitrogens with zero attached hydrogens (tertiary/aromatic N) is 1. The van der Waals surface area contributed by atoms with Gasteiger partial charge in [-0.15, -0.1) is 0 Å². The molecule has 1 aromatic carbocycles. The van der Waals surface area contributed by atoms with Gasteiger partial charge in [0.05, 0.1) is 22.3 Å². The minimum Gasteiger partial charge on any atom is -0.383 e. The number of hydrogen-bond donors (Lipinski definition) is 1. The quantitative estimate of drug-likeness (QED) is 0.598. The Morgan fingerprint density at radius 2 is 2.18 bits per heavy atom. The summed E-state index contributed by atoms with van der Waals surface area (Å²) in [4.78, 5) is 10.4. The van der Waals surface area contributed by atoms with Crippen molar-refractivity contribution in [2.45, 2.75) is 10.9 Å². The Morgan fingerprint density at radius 1 is 1.53 bits per heavy atom. The van der Waals surface area contributed by atoms with Crippen molar-refractivity contribution in [1.29, 1.82) is 0 Å². The van der Waals surface area contributed by atoms with Gasteiger partial charge in [-0.05, 0) is 6.07 Å². The van der Waals surface area contributed by atoms with Gasteiger partial charge < -0.3 is 10.5 Å². The number of nitrogens with two attached hydrogens (primary N) is 1. The fourth-order valence-electron chi connectivity index (χ4n) is 1.35. The highest BCUT2D eigenvalue weighted by atomic mass is 32.2. The first kappa shape index (κ1) is 13.8. The molecular weight excluding hydrogens is 244 g/mol. The molecule has 94 valence electrons. The van der Waals surface area contributed by atoms with Gasteiger partial charge in [0.25, 0.3) is 5.69 Å². The van der Waals surface area contributed by atoms with E-state index in [0.29, 0.717) is 0 Å². The van der Waals surface area contributed by atoms with Gasteiger partial charge in [-0.1, -0.05) is 12.1 Å². The van der Waals surface area contributed by atoms with Crippen molar-refractivity contribution in [3.63, 3.8) is 0 Å². The molecule has 2 N–H and O–H groups in total. The maximum atomic E-state index is 11.9.